The zero-order valence-corrected chi connectivity index (χ0v) is 13.0. The second kappa shape index (κ2) is 7.14. The molecule has 0 amide bonds. The standard InChI is InChI=1S/C17H27N3O/c1-20-9-5-14(6-10-20)18-16-3-2-4-17(13-16)19-15-7-11-21-12-8-15/h2-4,13-15,18-19H,5-12H2,1H3. The Morgan fingerprint density at radius 2 is 1.52 bits per heavy atom. The normalized spacial score (nSPS) is 22.1. The van der Waals surface area contributed by atoms with E-state index in [4.69, 9.17) is 4.74 Å². The van der Waals surface area contributed by atoms with Crippen LogP contribution in [0.25, 0.3) is 0 Å². The number of rotatable bonds is 4. The lowest BCUT2D eigenvalue weighted by Crippen LogP contribution is -2.36. The van der Waals surface area contributed by atoms with Gasteiger partial charge >= 0.3 is 0 Å². The van der Waals surface area contributed by atoms with Gasteiger partial charge in [0.25, 0.3) is 0 Å². The molecule has 0 bridgehead atoms. The maximum absolute atomic E-state index is 5.41. The Balaban J connectivity index is 1.55. The molecule has 3 rings (SSSR count). The highest BCUT2D eigenvalue weighted by Crippen LogP contribution is 2.21. The summed E-state index contributed by atoms with van der Waals surface area (Å²) in [5, 5.41) is 7.32. The van der Waals surface area contributed by atoms with Crippen LogP contribution in [-0.2, 0) is 4.74 Å². The summed E-state index contributed by atoms with van der Waals surface area (Å²) in [4.78, 5) is 2.40. The Morgan fingerprint density at radius 3 is 2.14 bits per heavy atom. The molecular formula is C17H27N3O. The molecule has 4 heteroatoms. The molecule has 2 N–H and O–H groups in total. The van der Waals surface area contributed by atoms with Crippen LogP contribution < -0.4 is 10.6 Å². The second-order valence-electron chi connectivity index (χ2n) is 6.33. The molecule has 2 aliphatic heterocycles. The van der Waals surface area contributed by atoms with Crippen molar-refractivity contribution in [2.75, 3.05) is 44.0 Å². The smallest absolute Gasteiger partial charge is 0.0485 e. The molecule has 0 radical (unpaired) electrons. The van der Waals surface area contributed by atoms with Crippen LogP contribution >= 0.6 is 0 Å². The van der Waals surface area contributed by atoms with Crippen molar-refractivity contribution in [3.8, 4) is 0 Å². The van der Waals surface area contributed by atoms with Crippen LogP contribution in [0, 0.1) is 0 Å². The highest BCUT2D eigenvalue weighted by molar-refractivity contribution is 5.57. The van der Waals surface area contributed by atoms with E-state index in [1.54, 1.807) is 0 Å². The van der Waals surface area contributed by atoms with Crippen molar-refractivity contribution in [3.05, 3.63) is 24.3 Å². The van der Waals surface area contributed by atoms with Crippen LogP contribution in [0.4, 0.5) is 11.4 Å². The van der Waals surface area contributed by atoms with Gasteiger partial charge in [0.1, 0.15) is 0 Å². The molecule has 0 aromatic heterocycles. The molecule has 0 unspecified atom stereocenters. The Bertz CT molecular complexity index is 437. The highest BCUT2D eigenvalue weighted by Gasteiger charge is 2.17. The van der Waals surface area contributed by atoms with Gasteiger partial charge < -0.3 is 20.3 Å². The van der Waals surface area contributed by atoms with Crippen LogP contribution in [0.2, 0.25) is 0 Å². The van der Waals surface area contributed by atoms with Crippen LogP contribution in [0.5, 0.6) is 0 Å². The van der Waals surface area contributed by atoms with Crippen LogP contribution in [0.3, 0.4) is 0 Å². The predicted molar refractivity (Wildman–Crippen MR) is 88.0 cm³/mol. The summed E-state index contributed by atoms with van der Waals surface area (Å²) in [5.74, 6) is 0. The van der Waals surface area contributed by atoms with Crippen molar-refractivity contribution in [2.24, 2.45) is 0 Å². The first-order valence-corrected chi connectivity index (χ1v) is 8.19. The van der Waals surface area contributed by atoms with Crippen molar-refractivity contribution in [1.82, 2.24) is 4.90 Å². The average molecular weight is 289 g/mol. The monoisotopic (exact) mass is 289 g/mol. The number of nitrogens with zero attached hydrogens (tertiary/aromatic N) is 1. The first-order valence-electron chi connectivity index (χ1n) is 8.19. The zero-order chi connectivity index (χ0) is 14.5. The summed E-state index contributed by atoms with van der Waals surface area (Å²) in [6.07, 6.45) is 4.67. The molecule has 2 saturated heterocycles. The molecular weight excluding hydrogens is 262 g/mol. The lowest BCUT2D eigenvalue weighted by atomic mass is 10.0. The molecule has 0 atom stereocenters. The molecule has 1 aromatic carbocycles. The van der Waals surface area contributed by atoms with Crippen molar-refractivity contribution < 1.29 is 4.74 Å². The molecule has 2 fully saturated rings. The minimum Gasteiger partial charge on any atom is -0.382 e. The number of ether oxygens (including phenoxy) is 1. The van der Waals surface area contributed by atoms with E-state index >= 15 is 0 Å². The van der Waals surface area contributed by atoms with Crippen molar-refractivity contribution in [1.29, 1.82) is 0 Å². The number of likely N-dealkylation sites (tertiary alicyclic amines) is 1. The van der Waals surface area contributed by atoms with E-state index in [0.717, 1.165) is 26.1 Å². The summed E-state index contributed by atoms with van der Waals surface area (Å²) in [5.41, 5.74) is 2.46. The van der Waals surface area contributed by atoms with E-state index in [1.807, 2.05) is 0 Å². The Labute approximate surface area is 127 Å². The SMILES string of the molecule is CN1CCC(Nc2cccc(NC3CCOCC3)c2)CC1. The van der Waals surface area contributed by atoms with Gasteiger partial charge in [0, 0.05) is 36.7 Å². The number of hydrogen-bond donors (Lipinski definition) is 2. The third-order valence-corrected chi connectivity index (χ3v) is 4.54. The summed E-state index contributed by atoms with van der Waals surface area (Å²) in [7, 11) is 2.20. The molecule has 21 heavy (non-hydrogen) atoms. The number of hydrogen-bond acceptors (Lipinski definition) is 4. The van der Waals surface area contributed by atoms with E-state index in [0.29, 0.717) is 12.1 Å². The molecule has 0 spiro atoms. The van der Waals surface area contributed by atoms with Gasteiger partial charge in [-0.1, -0.05) is 6.07 Å². The number of piperidine rings is 1. The van der Waals surface area contributed by atoms with Gasteiger partial charge in [0.2, 0.25) is 0 Å². The largest absolute Gasteiger partial charge is 0.382 e. The van der Waals surface area contributed by atoms with Crippen molar-refractivity contribution in [2.45, 2.75) is 37.8 Å². The molecule has 4 nitrogen and oxygen atoms in total. The third kappa shape index (κ3) is 4.35. The lowest BCUT2D eigenvalue weighted by Gasteiger charge is -2.30. The van der Waals surface area contributed by atoms with Gasteiger partial charge in [-0.05, 0) is 64.0 Å². The fourth-order valence-electron chi connectivity index (χ4n) is 3.17. The predicted octanol–water partition coefficient (Wildman–Crippen LogP) is 2.78. The summed E-state index contributed by atoms with van der Waals surface area (Å²) in [6.45, 7) is 4.14. The van der Waals surface area contributed by atoms with E-state index < -0.39 is 0 Å². The molecule has 2 aliphatic rings. The van der Waals surface area contributed by atoms with Crippen molar-refractivity contribution >= 4 is 11.4 Å². The maximum atomic E-state index is 5.41. The number of anilines is 2. The fourth-order valence-corrected chi connectivity index (χ4v) is 3.17. The summed E-state index contributed by atoms with van der Waals surface area (Å²) >= 11 is 0. The van der Waals surface area contributed by atoms with Gasteiger partial charge in [-0.3, -0.25) is 0 Å². The quantitative estimate of drug-likeness (QED) is 0.893. The highest BCUT2D eigenvalue weighted by atomic mass is 16.5. The Kier molecular flexibility index (Phi) is 4.99. The summed E-state index contributed by atoms with van der Waals surface area (Å²) in [6, 6.07) is 9.88. The van der Waals surface area contributed by atoms with Gasteiger partial charge in [-0.2, -0.15) is 0 Å². The van der Waals surface area contributed by atoms with E-state index in [9.17, 15) is 0 Å². The van der Waals surface area contributed by atoms with Gasteiger partial charge in [-0.15, -0.1) is 0 Å². The first kappa shape index (κ1) is 14.7. The van der Waals surface area contributed by atoms with Gasteiger partial charge in [0.15, 0.2) is 0 Å². The molecule has 0 aliphatic carbocycles. The molecule has 116 valence electrons. The molecule has 1 aromatic rings. The van der Waals surface area contributed by atoms with Crippen LogP contribution in [-0.4, -0.2) is 50.3 Å². The Hall–Kier alpha value is -1.26. The van der Waals surface area contributed by atoms with E-state index in [2.05, 4.69) is 46.8 Å². The van der Waals surface area contributed by atoms with Gasteiger partial charge in [-0.25, -0.2) is 0 Å². The third-order valence-electron chi connectivity index (χ3n) is 4.54. The van der Waals surface area contributed by atoms with E-state index in [-0.39, 0.29) is 0 Å². The maximum Gasteiger partial charge on any atom is 0.0485 e. The fraction of sp³-hybridized carbons (Fsp3) is 0.647. The van der Waals surface area contributed by atoms with Gasteiger partial charge in [0.05, 0.1) is 0 Å². The zero-order valence-electron chi connectivity index (χ0n) is 13.0. The van der Waals surface area contributed by atoms with Crippen molar-refractivity contribution in [3.63, 3.8) is 0 Å². The second-order valence-corrected chi connectivity index (χ2v) is 6.33. The van der Waals surface area contributed by atoms with Crippen LogP contribution in [0.15, 0.2) is 24.3 Å². The van der Waals surface area contributed by atoms with Crippen LogP contribution in [0.1, 0.15) is 25.7 Å². The molecule has 0 saturated carbocycles. The topological polar surface area (TPSA) is 36.5 Å². The lowest BCUT2D eigenvalue weighted by molar-refractivity contribution is 0.0904. The number of nitrogens with one attached hydrogen (secondary N) is 2. The first-order chi connectivity index (χ1) is 10.3. The van der Waals surface area contributed by atoms with E-state index in [1.165, 1.54) is 37.3 Å². The molecule has 2 heterocycles. The minimum absolute atomic E-state index is 0.553. The summed E-state index contributed by atoms with van der Waals surface area (Å²) < 4.78 is 5.41. The average Bonchev–Trinajstić information content (AvgIpc) is 2.51. The Morgan fingerprint density at radius 1 is 0.952 bits per heavy atom. The number of benzene rings is 1. The minimum atomic E-state index is 0.553.